The summed E-state index contributed by atoms with van der Waals surface area (Å²) in [6, 6.07) is 5.39. The number of hydrogen-bond acceptors (Lipinski definition) is 6. The first-order valence-electron chi connectivity index (χ1n) is 13.3. The third-order valence-corrected chi connectivity index (χ3v) is 15.0. The van der Waals surface area contributed by atoms with E-state index in [2.05, 4.69) is 68.3 Å². The quantitative estimate of drug-likeness (QED) is 0.0888. The summed E-state index contributed by atoms with van der Waals surface area (Å²) >= 11 is 16.8. The second-order valence-corrected chi connectivity index (χ2v) is 15.8. The molecule has 41 heavy (non-hydrogen) atoms. The van der Waals surface area contributed by atoms with Crippen LogP contribution in [0.25, 0.3) is 10.2 Å². The molecular formula is C29H21Br4N3O3S2. The fourth-order valence-electron chi connectivity index (χ4n) is 6.25. The second kappa shape index (κ2) is 11.0. The maximum Gasteiger partial charge on any atom is 0.267 e. The maximum absolute atomic E-state index is 13.6. The van der Waals surface area contributed by atoms with Gasteiger partial charge in [0.1, 0.15) is 0 Å². The van der Waals surface area contributed by atoms with Crippen LogP contribution in [0.4, 0.5) is 5.69 Å². The lowest BCUT2D eigenvalue weighted by Crippen LogP contribution is -2.29. The Morgan fingerprint density at radius 2 is 1.39 bits per heavy atom. The lowest BCUT2D eigenvalue weighted by molar-refractivity contribution is 0.0917. The highest BCUT2D eigenvalue weighted by Gasteiger charge is 2.42. The molecule has 3 aliphatic rings. The van der Waals surface area contributed by atoms with E-state index in [4.69, 9.17) is 4.98 Å². The molecule has 2 aliphatic carbocycles. The van der Waals surface area contributed by atoms with Crippen molar-refractivity contribution < 1.29 is 14.4 Å². The zero-order chi connectivity index (χ0) is 28.6. The molecule has 0 unspecified atom stereocenters. The summed E-state index contributed by atoms with van der Waals surface area (Å²) in [5.74, 6) is -0.332. The Bertz CT molecular complexity index is 1750. The maximum atomic E-state index is 13.6. The van der Waals surface area contributed by atoms with Gasteiger partial charge in [-0.25, -0.2) is 9.88 Å². The van der Waals surface area contributed by atoms with Crippen LogP contribution in [0.2, 0.25) is 0 Å². The summed E-state index contributed by atoms with van der Waals surface area (Å²) in [4.78, 5) is 46.4. The highest BCUT2D eigenvalue weighted by Crippen LogP contribution is 2.46. The first kappa shape index (κ1) is 28.5. The minimum atomic E-state index is -0.395. The molecule has 0 saturated heterocycles. The zero-order valence-electron chi connectivity index (χ0n) is 21.5. The first-order chi connectivity index (χ1) is 19.8. The molecule has 0 N–H and O–H groups in total. The highest BCUT2D eigenvalue weighted by atomic mass is 79.9. The van der Waals surface area contributed by atoms with Gasteiger partial charge in [-0.3, -0.25) is 19.0 Å². The summed E-state index contributed by atoms with van der Waals surface area (Å²) < 4.78 is 6.05. The third-order valence-electron chi connectivity index (χ3n) is 8.06. The average molecular weight is 843 g/mol. The third kappa shape index (κ3) is 4.58. The number of imide groups is 1. The van der Waals surface area contributed by atoms with E-state index in [1.54, 1.807) is 6.07 Å². The highest BCUT2D eigenvalue weighted by molar-refractivity contribution is 9.15. The van der Waals surface area contributed by atoms with Gasteiger partial charge in [0, 0.05) is 29.3 Å². The summed E-state index contributed by atoms with van der Waals surface area (Å²) in [5.41, 5.74) is 7.27. The number of hydrogen-bond donors (Lipinski definition) is 0. The van der Waals surface area contributed by atoms with Gasteiger partial charge in [0.2, 0.25) is 5.91 Å². The van der Waals surface area contributed by atoms with E-state index >= 15 is 0 Å². The molecule has 0 atom stereocenters. The van der Waals surface area contributed by atoms with Gasteiger partial charge in [-0.1, -0.05) is 11.8 Å². The monoisotopic (exact) mass is 839 g/mol. The van der Waals surface area contributed by atoms with Crippen molar-refractivity contribution in [1.82, 2.24) is 9.55 Å². The predicted octanol–water partition coefficient (Wildman–Crippen LogP) is 9.14. The Hall–Kier alpha value is -1.31. The standard InChI is InChI=1S/C29H21Br4N3O3S2/c30-23-21-22(24(31)26(33)25(23)32)28(39)35(27(21)38)13-9-10-16-19(11-13)41-29(34-16)40-12-20(37)36-17-7-3-1-5-14(17)15-6-2-4-8-18(15)36/h9-11H,1-8,12H2. The molecule has 2 aromatic heterocycles. The molecule has 0 spiro atoms. The number of anilines is 1. The van der Waals surface area contributed by atoms with Crippen LogP contribution < -0.4 is 4.90 Å². The average Bonchev–Trinajstić information content (AvgIpc) is 3.62. The lowest BCUT2D eigenvalue weighted by atomic mass is 9.89. The van der Waals surface area contributed by atoms with Crippen molar-refractivity contribution >= 4 is 120 Å². The predicted molar refractivity (Wildman–Crippen MR) is 177 cm³/mol. The second-order valence-electron chi connectivity index (χ2n) is 10.4. The van der Waals surface area contributed by atoms with Crippen molar-refractivity contribution in [2.75, 3.05) is 10.7 Å². The smallest absolute Gasteiger partial charge is 0.267 e. The van der Waals surface area contributed by atoms with E-state index in [9.17, 15) is 14.4 Å². The van der Waals surface area contributed by atoms with Gasteiger partial charge in [0.25, 0.3) is 11.8 Å². The molecule has 12 heteroatoms. The largest absolute Gasteiger partial charge is 0.287 e. The molecule has 210 valence electrons. The SMILES string of the molecule is O=C1c2c(Br)c(Br)c(Br)c(Br)c2C(=O)N1c1ccc2nc(SCC(=O)n3c4c(c5c3CCCC5)CCCC4)sc2c1. The van der Waals surface area contributed by atoms with E-state index in [1.807, 2.05) is 12.1 Å². The normalized spacial score (nSPS) is 16.3. The van der Waals surface area contributed by atoms with Crippen molar-refractivity contribution in [1.29, 1.82) is 0 Å². The Balaban J connectivity index is 1.15. The van der Waals surface area contributed by atoms with Crippen LogP contribution in [0.5, 0.6) is 0 Å². The van der Waals surface area contributed by atoms with Gasteiger partial charge in [0.15, 0.2) is 4.34 Å². The van der Waals surface area contributed by atoms with Gasteiger partial charge >= 0.3 is 0 Å². The van der Waals surface area contributed by atoms with Crippen LogP contribution in [-0.2, 0) is 25.7 Å². The molecule has 2 aromatic carbocycles. The molecule has 2 amide bonds. The van der Waals surface area contributed by atoms with Crippen LogP contribution in [0.3, 0.4) is 0 Å². The number of halogens is 4. The Labute approximate surface area is 278 Å². The van der Waals surface area contributed by atoms with Gasteiger partial charge in [-0.15, -0.1) is 11.3 Å². The molecule has 0 bridgehead atoms. The van der Waals surface area contributed by atoms with E-state index in [-0.39, 0.29) is 5.91 Å². The minimum Gasteiger partial charge on any atom is -0.287 e. The minimum absolute atomic E-state index is 0.135. The number of thioether (sulfide) groups is 1. The van der Waals surface area contributed by atoms with Crippen molar-refractivity contribution in [2.45, 2.75) is 55.7 Å². The van der Waals surface area contributed by atoms with E-state index in [1.165, 1.54) is 63.4 Å². The van der Waals surface area contributed by atoms with Crippen molar-refractivity contribution in [3.05, 3.63) is 69.7 Å². The summed E-state index contributed by atoms with van der Waals surface area (Å²) in [7, 11) is 0. The van der Waals surface area contributed by atoms with Crippen molar-refractivity contribution in [3.63, 3.8) is 0 Å². The molecule has 7 rings (SSSR count). The number of thiazole rings is 1. The molecule has 0 saturated carbocycles. The molecule has 1 aliphatic heterocycles. The molecule has 6 nitrogen and oxygen atoms in total. The number of carbonyl (C=O) groups is 3. The number of nitrogens with zero attached hydrogens (tertiary/aromatic N) is 3. The summed E-state index contributed by atoms with van der Waals surface area (Å²) in [5, 5.41) is 0. The van der Waals surface area contributed by atoms with Crippen molar-refractivity contribution in [2.24, 2.45) is 0 Å². The molecule has 3 heterocycles. The van der Waals surface area contributed by atoms with Crippen LogP contribution in [0.1, 0.15) is 73.7 Å². The first-order valence-corrected chi connectivity index (χ1v) is 18.3. The van der Waals surface area contributed by atoms with Gasteiger partial charge in [-0.05, 0) is 144 Å². The Morgan fingerprint density at radius 3 is 1.98 bits per heavy atom. The van der Waals surface area contributed by atoms with E-state index in [0.717, 1.165) is 53.1 Å². The molecule has 0 radical (unpaired) electrons. The van der Waals surface area contributed by atoms with Crippen molar-refractivity contribution in [3.8, 4) is 0 Å². The lowest BCUT2D eigenvalue weighted by Gasteiger charge is -2.16. The molecular weight excluding hydrogens is 822 g/mol. The van der Waals surface area contributed by atoms with Gasteiger partial charge in [-0.2, -0.15) is 0 Å². The number of fused-ring (bicyclic) bond motifs is 5. The molecule has 4 aromatic rings. The van der Waals surface area contributed by atoms with Crippen LogP contribution in [0, 0.1) is 0 Å². The fraction of sp³-hybridized carbons (Fsp3) is 0.310. The van der Waals surface area contributed by atoms with Gasteiger partial charge < -0.3 is 0 Å². The fourth-order valence-corrected chi connectivity index (χ4v) is 10.7. The topological polar surface area (TPSA) is 72.3 Å². The van der Waals surface area contributed by atoms with Crippen LogP contribution >= 0.6 is 86.8 Å². The number of benzene rings is 2. The zero-order valence-corrected chi connectivity index (χ0v) is 29.5. The van der Waals surface area contributed by atoms with Crippen LogP contribution in [-0.4, -0.2) is 33.0 Å². The van der Waals surface area contributed by atoms with E-state index < -0.39 is 11.8 Å². The summed E-state index contributed by atoms with van der Waals surface area (Å²) in [6.45, 7) is 0. The number of carbonyl (C=O) groups excluding carboxylic acids is 3. The summed E-state index contributed by atoms with van der Waals surface area (Å²) in [6.07, 6.45) is 8.89. The number of amides is 2. The van der Waals surface area contributed by atoms with Gasteiger partial charge in [0.05, 0.1) is 32.8 Å². The number of rotatable bonds is 4. The number of aromatic nitrogens is 2. The molecule has 0 fully saturated rings. The van der Waals surface area contributed by atoms with Crippen LogP contribution in [0.15, 0.2) is 40.4 Å². The van der Waals surface area contributed by atoms with E-state index in [0.29, 0.717) is 40.5 Å². The Morgan fingerprint density at radius 1 is 0.829 bits per heavy atom. The Kier molecular flexibility index (Phi) is 7.63.